The summed E-state index contributed by atoms with van der Waals surface area (Å²) in [4.78, 5) is 2.46. The zero-order chi connectivity index (χ0) is 18.7. The van der Waals surface area contributed by atoms with E-state index < -0.39 is 10.0 Å². The number of hydrogen-bond acceptors (Lipinski definition) is 3. The number of aryl methyl sites for hydroxylation is 1. The molecule has 4 nitrogen and oxygen atoms in total. The summed E-state index contributed by atoms with van der Waals surface area (Å²) >= 11 is 5.88. The first-order chi connectivity index (χ1) is 12.4. The third kappa shape index (κ3) is 4.40. The molecule has 0 amide bonds. The van der Waals surface area contributed by atoms with Crippen molar-refractivity contribution in [3.63, 3.8) is 0 Å². The van der Waals surface area contributed by atoms with Crippen LogP contribution in [0.1, 0.15) is 31.2 Å². The predicted molar refractivity (Wildman–Crippen MR) is 107 cm³/mol. The van der Waals surface area contributed by atoms with Crippen LogP contribution in [0.3, 0.4) is 0 Å². The van der Waals surface area contributed by atoms with Crippen molar-refractivity contribution in [1.82, 2.24) is 4.72 Å². The van der Waals surface area contributed by atoms with Crippen LogP contribution in [0.4, 0.5) is 5.69 Å². The number of halogens is 1. The Labute approximate surface area is 161 Å². The summed E-state index contributed by atoms with van der Waals surface area (Å²) in [5.41, 5.74) is 2.32. The molecule has 0 heterocycles. The summed E-state index contributed by atoms with van der Waals surface area (Å²) in [5.74, 6) is 0. The van der Waals surface area contributed by atoms with Gasteiger partial charge in [-0.1, -0.05) is 36.6 Å². The number of anilines is 1. The maximum Gasteiger partial charge on any atom is 0.240 e. The summed E-state index contributed by atoms with van der Waals surface area (Å²) < 4.78 is 28.5. The molecule has 1 saturated carbocycles. The molecule has 2 aromatic carbocycles. The zero-order valence-corrected chi connectivity index (χ0v) is 16.7. The van der Waals surface area contributed by atoms with Crippen LogP contribution < -0.4 is 9.62 Å². The van der Waals surface area contributed by atoms with Crippen LogP contribution >= 0.6 is 11.6 Å². The van der Waals surface area contributed by atoms with Crippen LogP contribution in [0.15, 0.2) is 53.4 Å². The fourth-order valence-electron chi connectivity index (χ4n) is 3.63. The Bertz CT molecular complexity index is 852. The second-order valence-corrected chi connectivity index (χ2v) is 9.13. The average Bonchev–Trinajstić information content (AvgIpc) is 2.62. The summed E-state index contributed by atoms with van der Waals surface area (Å²) in [6.45, 7) is 2.07. The highest BCUT2D eigenvalue weighted by Gasteiger charge is 2.32. The van der Waals surface area contributed by atoms with Crippen LogP contribution in [0.5, 0.6) is 0 Å². The Morgan fingerprint density at radius 1 is 1.08 bits per heavy atom. The van der Waals surface area contributed by atoms with Crippen molar-refractivity contribution < 1.29 is 8.42 Å². The largest absolute Gasteiger partial charge is 0.370 e. The highest BCUT2D eigenvalue weighted by Crippen LogP contribution is 2.28. The Kier molecular flexibility index (Phi) is 5.90. The number of sulfonamides is 1. The Hall–Kier alpha value is -1.56. The lowest BCUT2D eigenvalue weighted by Crippen LogP contribution is -2.52. The molecular formula is C20H25ClN2O2S. The normalized spacial score (nSPS) is 20.7. The highest BCUT2D eigenvalue weighted by atomic mass is 35.5. The van der Waals surface area contributed by atoms with Crippen LogP contribution in [0, 0.1) is 6.92 Å². The molecule has 0 aliphatic heterocycles. The van der Waals surface area contributed by atoms with E-state index in [2.05, 4.69) is 34.7 Å². The number of nitrogens with zero attached hydrogens (tertiary/aromatic N) is 1. The number of hydrogen-bond donors (Lipinski definition) is 1. The first kappa shape index (κ1) is 19.2. The van der Waals surface area contributed by atoms with Gasteiger partial charge in [-0.25, -0.2) is 13.1 Å². The quantitative estimate of drug-likeness (QED) is 0.821. The van der Waals surface area contributed by atoms with Gasteiger partial charge in [-0.15, -0.1) is 0 Å². The minimum absolute atomic E-state index is 0.116. The van der Waals surface area contributed by atoms with Gasteiger partial charge < -0.3 is 4.90 Å². The highest BCUT2D eigenvalue weighted by molar-refractivity contribution is 7.89. The van der Waals surface area contributed by atoms with Crippen molar-refractivity contribution in [1.29, 1.82) is 0 Å². The molecule has 0 unspecified atom stereocenters. The number of rotatable bonds is 5. The minimum atomic E-state index is -3.57. The Morgan fingerprint density at radius 2 is 1.77 bits per heavy atom. The summed E-state index contributed by atoms with van der Waals surface area (Å²) in [7, 11) is -1.52. The van der Waals surface area contributed by atoms with E-state index in [1.54, 1.807) is 24.3 Å². The van der Waals surface area contributed by atoms with Crippen LogP contribution in [0.2, 0.25) is 5.02 Å². The van der Waals surface area contributed by atoms with Crippen LogP contribution in [-0.2, 0) is 10.0 Å². The molecule has 2 aromatic rings. The van der Waals surface area contributed by atoms with Crippen molar-refractivity contribution >= 4 is 27.3 Å². The van der Waals surface area contributed by atoms with E-state index in [9.17, 15) is 8.42 Å². The van der Waals surface area contributed by atoms with E-state index >= 15 is 0 Å². The fraction of sp³-hybridized carbons (Fsp3) is 0.400. The first-order valence-electron chi connectivity index (χ1n) is 8.94. The molecule has 6 heteroatoms. The van der Waals surface area contributed by atoms with Gasteiger partial charge in [-0.3, -0.25) is 0 Å². The topological polar surface area (TPSA) is 49.4 Å². The van der Waals surface area contributed by atoms with Crippen molar-refractivity contribution in [2.75, 3.05) is 11.9 Å². The van der Waals surface area contributed by atoms with Crippen LogP contribution in [0.25, 0.3) is 0 Å². The molecule has 0 spiro atoms. The minimum Gasteiger partial charge on any atom is -0.370 e. The van der Waals surface area contributed by atoms with E-state index in [0.717, 1.165) is 31.4 Å². The number of likely N-dealkylation sites (N-methyl/N-ethyl adjacent to an activating group) is 1. The first-order valence-corrected chi connectivity index (χ1v) is 10.8. The van der Waals surface area contributed by atoms with Gasteiger partial charge >= 0.3 is 0 Å². The monoisotopic (exact) mass is 392 g/mol. The Balaban J connectivity index is 1.81. The third-order valence-corrected chi connectivity index (χ3v) is 6.82. The van der Waals surface area contributed by atoms with Crippen molar-refractivity contribution in [2.24, 2.45) is 0 Å². The fourth-order valence-corrected chi connectivity index (χ4v) is 5.06. The van der Waals surface area contributed by atoms with E-state index in [-0.39, 0.29) is 17.0 Å². The molecule has 0 radical (unpaired) electrons. The van der Waals surface area contributed by atoms with Crippen LogP contribution in [-0.4, -0.2) is 27.5 Å². The SMILES string of the molecule is Cc1cccc(N(C)[C@H]2CCCC[C@@H]2NS(=O)(=O)c2ccc(Cl)cc2)c1. The maximum atomic E-state index is 12.8. The summed E-state index contributed by atoms with van der Waals surface area (Å²) in [5, 5.41) is 0.527. The summed E-state index contributed by atoms with van der Waals surface area (Å²) in [6.07, 6.45) is 3.96. The van der Waals surface area contributed by atoms with Gasteiger partial charge in [-0.2, -0.15) is 0 Å². The smallest absolute Gasteiger partial charge is 0.240 e. The predicted octanol–water partition coefficient (Wildman–Crippen LogP) is 4.37. The second kappa shape index (κ2) is 7.99. The van der Waals surface area contributed by atoms with E-state index in [4.69, 9.17) is 11.6 Å². The van der Waals surface area contributed by atoms with Gasteiger partial charge in [0.25, 0.3) is 0 Å². The molecule has 0 bridgehead atoms. The lowest BCUT2D eigenvalue weighted by Gasteiger charge is -2.39. The van der Waals surface area contributed by atoms with Gasteiger partial charge in [-0.05, 0) is 61.7 Å². The molecule has 1 aliphatic carbocycles. The zero-order valence-electron chi connectivity index (χ0n) is 15.2. The molecule has 0 aromatic heterocycles. The number of nitrogens with one attached hydrogen (secondary N) is 1. The van der Waals surface area contributed by atoms with Crippen molar-refractivity contribution in [3.8, 4) is 0 Å². The standard InChI is InChI=1S/C20H25ClN2O2S/c1-15-6-5-7-17(14-15)23(2)20-9-4-3-8-19(20)22-26(24,25)18-12-10-16(21)11-13-18/h5-7,10-14,19-20,22H,3-4,8-9H2,1-2H3/t19-,20-/m0/s1. The molecule has 1 aliphatic rings. The molecule has 0 saturated heterocycles. The third-order valence-electron chi connectivity index (χ3n) is 5.07. The average molecular weight is 393 g/mol. The van der Waals surface area contributed by atoms with Crippen molar-refractivity contribution in [3.05, 3.63) is 59.1 Å². The molecule has 140 valence electrons. The van der Waals surface area contributed by atoms with Gasteiger partial charge in [0.05, 0.1) is 4.90 Å². The molecule has 1 fully saturated rings. The molecule has 26 heavy (non-hydrogen) atoms. The van der Waals surface area contributed by atoms with Crippen molar-refractivity contribution in [2.45, 2.75) is 49.6 Å². The molecule has 1 N–H and O–H groups in total. The van der Waals surface area contributed by atoms with E-state index in [0.29, 0.717) is 5.02 Å². The molecule has 3 rings (SSSR count). The second-order valence-electron chi connectivity index (χ2n) is 6.98. The lowest BCUT2D eigenvalue weighted by molar-refractivity contribution is 0.351. The number of benzene rings is 2. The van der Waals surface area contributed by atoms with Gasteiger partial charge in [0, 0.05) is 29.8 Å². The summed E-state index contributed by atoms with van der Waals surface area (Å²) in [6, 6.07) is 14.6. The van der Waals surface area contributed by atoms with Gasteiger partial charge in [0.1, 0.15) is 0 Å². The van der Waals surface area contributed by atoms with E-state index in [1.807, 2.05) is 13.1 Å². The molecular weight excluding hydrogens is 368 g/mol. The molecule has 2 atom stereocenters. The lowest BCUT2D eigenvalue weighted by atomic mass is 9.89. The maximum absolute atomic E-state index is 12.8. The van der Waals surface area contributed by atoms with Gasteiger partial charge in [0.2, 0.25) is 10.0 Å². The van der Waals surface area contributed by atoms with Gasteiger partial charge in [0.15, 0.2) is 0 Å². The van der Waals surface area contributed by atoms with E-state index in [1.165, 1.54) is 5.56 Å². The Morgan fingerprint density at radius 3 is 2.46 bits per heavy atom.